The first-order valence-corrected chi connectivity index (χ1v) is 9.34. The number of rotatable bonds is 1. The Bertz CT molecular complexity index is 1340. The number of fused-ring (bicyclic) bond motifs is 6. The molecule has 0 amide bonds. The second-order valence-electron chi connectivity index (χ2n) is 7.47. The van der Waals surface area contributed by atoms with Gasteiger partial charge in [-0.2, -0.15) is 0 Å². The summed E-state index contributed by atoms with van der Waals surface area (Å²) in [7, 11) is 0. The molecule has 0 bridgehead atoms. The SMILES string of the molecule is Cc1cccc(C)c1-c1cn2c(n1)c1[c-]ccc(C)c1c1cccc(C)c12.[Ir]. The van der Waals surface area contributed by atoms with Gasteiger partial charge in [0.1, 0.15) is 0 Å². The van der Waals surface area contributed by atoms with Crippen LogP contribution in [0.4, 0.5) is 0 Å². The Kier molecular flexibility index (Phi) is 4.61. The molecule has 5 rings (SSSR count). The van der Waals surface area contributed by atoms with Crippen LogP contribution in [0.1, 0.15) is 22.3 Å². The standard InChI is InChI=1S/C25H21N2.Ir/c1-15-8-5-9-16(2)22(15)21-14-27-24-18(4)11-7-12-19(24)23-17(3)10-6-13-20(23)25(27)26-21;/h5-12,14H,1-4H3;/q-1;. The van der Waals surface area contributed by atoms with Crippen molar-refractivity contribution in [3.63, 3.8) is 0 Å². The molecule has 0 unspecified atom stereocenters. The van der Waals surface area contributed by atoms with Crippen molar-refractivity contribution < 1.29 is 20.1 Å². The number of aryl methyl sites for hydroxylation is 4. The molecule has 2 heterocycles. The van der Waals surface area contributed by atoms with Crippen LogP contribution in [0, 0.1) is 33.8 Å². The topological polar surface area (TPSA) is 17.3 Å². The molecule has 28 heavy (non-hydrogen) atoms. The second kappa shape index (κ2) is 6.84. The van der Waals surface area contributed by atoms with Gasteiger partial charge in [0.15, 0.2) is 0 Å². The third-order valence-electron chi connectivity index (χ3n) is 5.62. The van der Waals surface area contributed by atoms with Gasteiger partial charge in [-0.05, 0) is 42.8 Å². The zero-order valence-corrected chi connectivity index (χ0v) is 18.8. The van der Waals surface area contributed by atoms with Crippen molar-refractivity contribution in [2.45, 2.75) is 27.7 Å². The van der Waals surface area contributed by atoms with Gasteiger partial charge in [-0.3, -0.25) is 4.98 Å². The van der Waals surface area contributed by atoms with E-state index in [4.69, 9.17) is 4.98 Å². The van der Waals surface area contributed by atoms with Gasteiger partial charge in [0, 0.05) is 37.4 Å². The molecule has 2 aromatic heterocycles. The number of pyridine rings is 1. The summed E-state index contributed by atoms with van der Waals surface area (Å²) in [5.74, 6) is 0. The molecule has 5 aromatic rings. The fraction of sp³-hybridized carbons (Fsp3) is 0.160. The van der Waals surface area contributed by atoms with Crippen molar-refractivity contribution in [2.75, 3.05) is 0 Å². The van der Waals surface area contributed by atoms with Gasteiger partial charge in [0.2, 0.25) is 0 Å². The van der Waals surface area contributed by atoms with Crippen molar-refractivity contribution in [2.24, 2.45) is 0 Å². The van der Waals surface area contributed by atoms with Crippen molar-refractivity contribution in [1.82, 2.24) is 9.38 Å². The van der Waals surface area contributed by atoms with Gasteiger partial charge in [-0.1, -0.05) is 54.1 Å². The van der Waals surface area contributed by atoms with Crippen LogP contribution < -0.4 is 0 Å². The van der Waals surface area contributed by atoms with E-state index in [-0.39, 0.29) is 20.1 Å². The minimum atomic E-state index is 0. The van der Waals surface area contributed by atoms with Crippen LogP contribution in [0.25, 0.3) is 38.6 Å². The predicted octanol–water partition coefficient (Wildman–Crippen LogP) is 6.34. The number of hydrogen-bond donors (Lipinski definition) is 0. The number of benzene rings is 3. The number of aromatic nitrogens is 2. The van der Waals surface area contributed by atoms with E-state index in [0.29, 0.717) is 0 Å². The molecule has 0 aliphatic carbocycles. The van der Waals surface area contributed by atoms with E-state index in [0.717, 1.165) is 16.7 Å². The summed E-state index contributed by atoms with van der Waals surface area (Å²) in [5.41, 5.74) is 9.49. The Hall–Kier alpha value is -2.48. The van der Waals surface area contributed by atoms with Crippen LogP contribution in [0.5, 0.6) is 0 Å². The number of nitrogens with zero attached hydrogens (tertiary/aromatic N) is 2. The Morgan fingerprint density at radius 1 is 0.821 bits per heavy atom. The molecule has 2 nitrogen and oxygen atoms in total. The third kappa shape index (κ3) is 2.62. The zero-order valence-electron chi connectivity index (χ0n) is 16.4. The fourth-order valence-corrected chi connectivity index (χ4v) is 4.37. The van der Waals surface area contributed by atoms with E-state index >= 15 is 0 Å². The van der Waals surface area contributed by atoms with Crippen molar-refractivity contribution >= 4 is 27.3 Å². The van der Waals surface area contributed by atoms with Crippen LogP contribution >= 0.6 is 0 Å². The Balaban J connectivity index is 0.00000192. The molecule has 0 spiro atoms. The summed E-state index contributed by atoms with van der Waals surface area (Å²) >= 11 is 0. The van der Waals surface area contributed by atoms with Gasteiger partial charge in [-0.15, -0.1) is 23.8 Å². The third-order valence-corrected chi connectivity index (χ3v) is 5.62. The number of imidazole rings is 1. The average molecular weight is 542 g/mol. The van der Waals surface area contributed by atoms with E-state index in [1.165, 1.54) is 44.1 Å². The Morgan fingerprint density at radius 2 is 1.50 bits per heavy atom. The second-order valence-corrected chi connectivity index (χ2v) is 7.47. The first kappa shape index (κ1) is 18.9. The predicted molar refractivity (Wildman–Crippen MR) is 113 cm³/mol. The fourth-order valence-electron chi connectivity index (χ4n) is 4.37. The molecule has 0 atom stereocenters. The molecule has 3 aromatic carbocycles. The normalized spacial score (nSPS) is 11.3. The van der Waals surface area contributed by atoms with Crippen molar-refractivity contribution in [1.29, 1.82) is 0 Å². The maximum Gasteiger partial charge on any atom is 0.0777 e. The molecule has 0 aliphatic heterocycles. The van der Waals surface area contributed by atoms with E-state index in [2.05, 4.69) is 86.8 Å². The molecule has 1 radical (unpaired) electrons. The molecule has 141 valence electrons. The summed E-state index contributed by atoms with van der Waals surface area (Å²) in [4.78, 5) is 5.10. The van der Waals surface area contributed by atoms with Crippen LogP contribution in [0.15, 0.2) is 54.7 Å². The van der Waals surface area contributed by atoms with E-state index in [9.17, 15) is 0 Å². The molecule has 0 saturated carbocycles. The van der Waals surface area contributed by atoms with E-state index in [1.807, 2.05) is 6.07 Å². The molecule has 0 fully saturated rings. The first-order valence-electron chi connectivity index (χ1n) is 9.34. The van der Waals surface area contributed by atoms with Gasteiger partial charge in [0.25, 0.3) is 0 Å². The maximum absolute atomic E-state index is 5.10. The molecular weight excluding hydrogens is 521 g/mol. The van der Waals surface area contributed by atoms with E-state index < -0.39 is 0 Å². The Morgan fingerprint density at radius 3 is 2.25 bits per heavy atom. The van der Waals surface area contributed by atoms with Crippen molar-refractivity contribution in [3.05, 3.63) is 83.0 Å². The largest absolute Gasteiger partial charge is 0.339 e. The quantitative estimate of drug-likeness (QED) is 0.179. The molecule has 0 N–H and O–H groups in total. The summed E-state index contributed by atoms with van der Waals surface area (Å²) < 4.78 is 2.25. The smallest absolute Gasteiger partial charge is 0.0777 e. The molecule has 0 saturated heterocycles. The van der Waals surface area contributed by atoms with Gasteiger partial charge < -0.3 is 4.40 Å². The van der Waals surface area contributed by atoms with E-state index in [1.54, 1.807) is 0 Å². The van der Waals surface area contributed by atoms with Gasteiger partial charge >= 0.3 is 0 Å². The summed E-state index contributed by atoms with van der Waals surface area (Å²) in [6.45, 7) is 8.66. The monoisotopic (exact) mass is 542 g/mol. The average Bonchev–Trinajstić information content (AvgIpc) is 3.06. The number of hydrogen-bond acceptors (Lipinski definition) is 1. The summed E-state index contributed by atoms with van der Waals surface area (Å²) in [6.07, 6.45) is 2.19. The number of para-hydroxylation sites is 1. The van der Waals surface area contributed by atoms with Crippen LogP contribution in [0.3, 0.4) is 0 Å². The summed E-state index contributed by atoms with van der Waals surface area (Å²) in [6, 6.07) is 20.5. The van der Waals surface area contributed by atoms with Crippen LogP contribution in [0.2, 0.25) is 0 Å². The summed E-state index contributed by atoms with van der Waals surface area (Å²) in [5, 5.41) is 3.60. The minimum absolute atomic E-state index is 0. The first-order chi connectivity index (χ1) is 13.1. The van der Waals surface area contributed by atoms with Crippen molar-refractivity contribution in [3.8, 4) is 11.3 Å². The minimum Gasteiger partial charge on any atom is -0.339 e. The molecular formula is C25H21IrN2-. The van der Waals surface area contributed by atoms with Crippen LogP contribution in [-0.2, 0) is 20.1 Å². The Labute approximate surface area is 178 Å². The molecule has 3 heteroatoms. The maximum atomic E-state index is 5.10. The van der Waals surface area contributed by atoms with Gasteiger partial charge in [-0.25, -0.2) is 0 Å². The zero-order chi connectivity index (χ0) is 18.7. The van der Waals surface area contributed by atoms with Crippen LogP contribution in [-0.4, -0.2) is 9.38 Å². The van der Waals surface area contributed by atoms with Gasteiger partial charge in [0.05, 0.1) is 11.3 Å². The molecule has 0 aliphatic rings.